The fraction of sp³-hybridized carbons (Fsp3) is 0.391. The molecule has 0 radical (unpaired) electrons. The van der Waals surface area contributed by atoms with E-state index in [1.54, 1.807) is 16.9 Å². The van der Waals surface area contributed by atoms with Gasteiger partial charge in [0.05, 0.1) is 28.4 Å². The molecule has 6 rings (SSSR count). The van der Waals surface area contributed by atoms with E-state index >= 15 is 0 Å². The molecule has 4 aromatic rings. The first-order valence-corrected chi connectivity index (χ1v) is 10.9. The van der Waals surface area contributed by atoms with E-state index in [2.05, 4.69) is 36.9 Å². The number of nitrogens with two attached hydrogens (primary N) is 1. The number of nitrogen functional groups attached to an aromatic ring is 1. The van der Waals surface area contributed by atoms with E-state index in [4.69, 9.17) is 5.73 Å². The van der Waals surface area contributed by atoms with E-state index in [9.17, 15) is 0 Å². The van der Waals surface area contributed by atoms with E-state index in [1.807, 2.05) is 36.5 Å². The zero-order valence-electron chi connectivity index (χ0n) is 17.9. The third kappa shape index (κ3) is 4.22. The molecule has 0 atom stereocenters. The molecule has 2 N–H and O–H groups in total. The van der Waals surface area contributed by atoms with Crippen LogP contribution in [-0.4, -0.2) is 73.6 Å². The summed E-state index contributed by atoms with van der Waals surface area (Å²) in [6.45, 7) is 5.16. The standard InChI is InChI=1S/C14H10N6.C9H18N2/c15-14-17-8-13-9(5-7-20(13)19-14)10-3-4-11-12(18-10)2-1-6-16-11;1-10-5-7-11(8-6-10)9-3-2-4-9/h1-8H,(H2,15,19);9H,2-8H2,1H3. The molecule has 1 saturated heterocycles. The van der Waals surface area contributed by atoms with Crippen LogP contribution in [0.5, 0.6) is 0 Å². The lowest BCUT2D eigenvalue weighted by Crippen LogP contribution is -2.51. The molecule has 1 saturated carbocycles. The maximum Gasteiger partial charge on any atom is 0.238 e. The molecule has 5 heterocycles. The van der Waals surface area contributed by atoms with Crippen LogP contribution in [0.15, 0.2) is 48.9 Å². The molecule has 0 unspecified atom stereocenters. The molecule has 160 valence electrons. The van der Waals surface area contributed by atoms with Crippen LogP contribution in [-0.2, 0) is 0 Å². The van der Waals surface area contributed by atoms with Crippen LogP contribution in [0.25, 0.3) is 27.8 Å². The highest BCUT2D eigenvalue weighted by Crippen LogP contribution is 2.26. The van der Waals surface area contributed by atoms with Gasteiger partial charge in [-0.05, 0) is 50.2 Å². The molecule has 31 heavy (non-hydrogen) atoms. The maximum atomic E-state index is 5.58. The molecule has 8 heteroatoms. The summed E-state index contributed by atoms with van der Waals surface area (Å²) in [6.07, 6.45) is 9.70. The summed E-state index contributed by atoms with van der Waals surface area (Å²) >= 11 is 0. The number of piperazine rings is 1. The van der Waals surface area contributed by atoms with Gasteiger partial charge in [-0.15, -0.1) is 5.10 Å². The highest BCUT2D eigenvalue weighted by atomic mass is 15.3. The predicted octanol–water partition coefficient (Wildman–Crippen LogP) is 2.71. The zero-order valence-corrected chi connectivity index (χ0v) is 17.9. The van der Waals surface area contributed by atoms with E-state index < -0.39 is 0 Å². The minimum atomic E-state index is 0.246. The van der Waals surface area contributed by atoms with Gasteiger partial charge in [0.1, 0.15) is 0 Å². The minimum Gasteiger partial charge on any atom is -0.367 e. The fourth-order valence-corrected chi connectivity index (χ4v) is 4.18. The fourth-order valence-electron chi connectivity index (χ4n) is 4.18. The van der Waals surface area contributed by atoms with Gasteiger partial charge in [0.15, 0.2) is 0 Å². The Kier molecular flexibility index (Phi) is 5.48. The Morgan fingerprint density at radius 1 is 0.968 bits per heavy atom. The van der Waals surface area contributed by atoms with Crippen LogP contribution < -0.4 is 5.73 Å². The van der Waals surface area contributed by atoms with Crippen molar-refractivity contribution in [2.24, 2.45) is 0 Å². The van der Waals surface area contributed by atoms with E-state index in [0.717, 1.165) is 33.8 Å². The van der Waals surface area contributed by atoms with Gasteiger partial charge in [-0.1, -0.05) is 6.42 Å². The van der Waals surface area contributed by atoms with Crippen LogP contribution >= 0.6 is 0 Å². The Labute approximate surface area is 181 Å². The van der Waals surface area contributed by atoms with Crippen molar-refractivity contribution in [1.29, 1.82) is 0 Å². The Morgan fingerprint density at radius 3 is 2.58 bits per heavy atom. The number of aromatic nitrogens is 5. The summed E-state index contributed by atoms with van der Waals surface area (Å²) in [4.78, 5) is 18.0. The normalized spacial score (nSPS) is 18.0. The second-order valence-electron chi connectivity index (χ2n) is 8.34. The number of likely N-dealkylation sites (N-methyl/N-ethyl adjacent to an activating group) is 1. The Balaban J connectivity index is 0.000000157. The lowest BCUT2D eigenvalue weighted by Gasteiger charge is -2.42. The van der Waals surface area contributed by atoms with E-state index in [-0.39, 0.29) is 5.95 Å². The maximum absolute atomic E-state index is 5.58. The average molecular weight is 417 g/mol. The van der Waals surface area contributed by atoms with Crippen molar-refractivity contribution in [2.45, 2.75) is 25.3 Å². The van der Waals surface area contributed by atoms with E-state index in [1.165, 1.54) is 45.4 Å². The van der Waals surface area contributed by atoms with Crippen molar-refractivity contribution < 1.29 is 0 Å². The highest BCUT2D eigenvalue weighted by Gasteiger charge is 2.26. The van der Waals surface area contributed by atoms with Gasteiger partial charge in [-0.2, -0.15) is 0 Å². The molecule has 2 fully saturated rings. The summed E-state index contributed by atoms with van der Waals surface area (Å²) in [7, 11) is 2.22. The topological polar surface area (TPSA) is 88.5 Å². The summed E-state index contributed by atoms with van der Waals surface area (Å²) in [5.74, 6) is 0.246. The largest absolute Gasteiger partial charge is 0.367 e. The van der Waals surface area contributed by atoms with Crippen molar-refractivity contribution in [2.75, 3.05) is 39.0 Å². The van der Waals surface area contributed by atoms with Gasteiger partial charge < -0.3 is 10.6 Å². The quantitative estimate of drug-likeness (QED) is 0.537. The lowest BCUT2D eigenvalue weighted by atomic mass is 9.91. The van der Waals surface area contributed by atoms with Crippen molar-refractivity contribution in [3.63, 3.8) is 0 Å². The third-order valence-electron chi connectivity index (χ3n) is 6.30. The number of hydrogen-bond donors (Lipinski definition) is 1. The average Bonchev–Trinajstić information content (AvgIpc) is 3.17. The van der Waals surface area contributed by atoms with Crippen LogP contribution in [0.3, 0.4) is 0 Å². The molecule has 0 amide bonds. The van der Waals surface area contributed by atoms with Gasteiger partial charge in [0, 0.05) is 50.2 Å². The van der Waals surface area contributed by atoms with Crippen molar-refractivity contribution in [3.8, 4) is 11.3 Å². The number of pyridine rings is 2. The zero-order chi connectivity index (χ0) is 21.2. The highest BCUT2D eigenvalue weighted by molar-refractivity contribution is 5.83. The summed E-state index contributed by atoms with van der Waals surface area (Å²) in [5.41, 5.74) is 10.0. The Bertz CT molecular complexity index is 1170. The first kappa shape index (κ1) is 19.8. The summed E-state index contributed by atoms with van der Waals surface area (Å²) in [6, 6.07) is 10.6. The van der Waals surface area contributed by atoms with Gasteiger partial charge in [0.25, 0.3) is 0 Å². The second kappa shape index (κ2) is 8.56. The Morgan fingerprint density at radius 2 is 1.81 bits per heavy atom. The molecule has 1 aliphatic heterocycles. The lowest BCUT2D eigenvalue weighted by molar-refractivity contribution is 0.0721. The van der Waals surface area contributed by atoms with Crippen LogP contribution in [0.4, 0.5) is 5.95 Å². The first-order valence-electron chi connectivity index (χ1n) is 10.9. The molecular formula is C23H28N8. The molecule has 0 aromatic carbocycles. The monoisotopic (exact) mass is 416 g/mol. The number of hydrogen-bond acceptors (Lipinski definition) is 7. The van der Waals surface area contributed by atoms with Gasteiger partial charge >= 0.3 is 0 Å². The van der Waals surface area contributed by atoms with Crippen LogP contribution in [0, 0.1) is 0 Å². The Hall–Kier alpha value is -3.10. The summed E-state index contributed by atoms with van der Waals surface area (Å²) in [5, 5.41) is 4.13. The molecule has 0 bridgehead atoms. The van der Waals surface area contributed by atoms with Crippen LogP contribution in [0.1, 0.15) is 19.3 Å². The van der Waals surface area contributed by atoms with Gasteiger partial charge in [-0.25, -0.2) is 14.5 Å². The molecular weight excluding hydrogens is 388 g/mol. The summed E-state index contributed by atoms with van der Waals surface area (Å²) < 4.78 is 1.70. The van der Waals surface area contributed by atoms with Gasteiger partial charge in [-0.3, -0.25) is 9.88 Å². The second-order valence-corrected chi connectivity index (χ2v) is 8.34. The van der Waals surface area contributed by atoms with E-state index in [0.29, 0.717) is 0 Å². The SMILES string of the molecule is CN1CCN(C2CCC2)CC1.Nc1ncc2c(-c3ccc4ncccc4n3)ccn2n1. The molecule has 2 aliphatic rings. The van der Waals surface area contributed by atoms with Crippen molar-refractivity contribution in [3.05, 3.63) is 48.9 Å². The molecule has 8 nitrogen and oxygen atoms in total. The third-order valence-corrected chi connectivity index (χ3v) is 6.30. The number of anilines is 1. The number of rotatable bonds is 2. The number of fused-ring (bicyclic) bond motifs is 2. The van der Waals surface area contributed by atoms with Crippen molar-refractivity contribution in [1.82, 2.24) is 34.4 Å². The predicted molar refractivity (Wildman–Crippen MR) is 123 cm³/mol. The molecule has 1 aliphatic carbocycles. The van der Waals surface area contributed by atoms with Crippen molar-refractivity contribution >= 4 is 22.5 Å². The number of nitrogens with zero attached hydrogens (tertiary/aromatic N) is 7. The smallest absolute Gasteiger partial charge is 0.238 e. The first-order chi connectivity index (χ1) is 15.2. The minimum absolute atomic E-state index is 0.246. The van der Waals surface area contributed by atoms with Gasteiger partial charge in [0.2, 0.25) is 5.95 Å². The molecule has 4 aromatic heterocycles. The molecule has 0 spiro atoms. The van der Waals surface area contributed by atoms with Crippen LogP contribution in [0.2, 0.25) is 0 Å².